The third-order valence-corrected chi connectivity index (χ3v) is 7.04. The Labute approximate surface area is 172 Å². The minimum absolute atomic E-state index is 0. The third-order valence-electron chi connectivity index (χ3n) is 5.33. The van der Waals surface area contributed by atoms with Crippen LogP contribution in [0.2, 0.25) is 0 Å². The highest BCUT2D eigenvalue weighted by Gasteiger charge is 2.35. The number of rotatable bonds is 4. The maximum absolute atomic E-state index is 12.7. The van der Waals surface area contributed by atoms with E-state index in [1.54, 1.807) is 11.0 Å². The minimum atomic E-state index is -3.59. The quantitative estimate of drug-likeness (QED) is 0.781. The summed E-state index contributed by atoms with van der Waals surface area (Å²) in [5, 5.41) is 0. The molecule has 1 unspecified atom stereocenters. The molecule has 1 aromatic carbocycles. The number of nitrogens with two attached hydrogens (primary N) is 1. The molecule has 1 aromatic rings. The lowest BCUT2D eigenvalue weighted by atomic mass is 9.79. The summed E-state index contributed by atoms with van der Waals surface area (Å²) in [6.45, 7) is 6.23. The highest BCUT2D eigenvalue weighted by molar-refractivity contribution is 7.91. The van der Waals surface area contributed by atoms with Gasteiger partial charge in [0.1, 0.15) is 0 Å². The first kappa shape index (κ1) is 22.8. The Morgan fingerprint density at radius 1 is 1.25 bits per heavy atom. The molecule has 2 aliphatic heterocycles. The van der Waals surface area contributed by atoms with Crippen LogP contribution in [-0.2, 0) is 14.6 Å². The summed E-state index contributed by atoms with van der Waals surface area (Å²) in [6.07, 6.45) is 1.44. The van der Waals surface area contributed by atoms with Crippen molar-refractivity contribution < 1.29 is 22.7 Å². The minimum Gasteiger partial charge on any atom is -0.490 e. The first-order valence-electron chi connectivity index (χ1n) is 9.35. The number of amides is 1. The van der Waals surface area contributed by atoms with Crippen molar-refractivity contribution in [1.82, 2.24) is 4.90 Å². The zero-order valence-electron chi connectivity index (χ0n) is 16.3. The van der Waals surface area contributed by atoms with E-state index in [9.17, 15) is 13.2 Å². The number of fused-ring (bicyclic) bond motifs is 1. The van der Waals surface area contributed by atoms with Crippen molar-refractivity contribution in [3.8, 4) is 11.5 Å². The van der Waals surface area contributed by atoms with Crippen molar-refractivity contribution in [2.75, 3.05) is 32.1 Å². The van der Waals surface area contributed by atoms with Crippen molar-refractivity contribution in [3.05, 3.63) is 18.2 Å². The van der Waals surface area contributed by atoms with Crippen LogP contribution in [0.5, 0.6) is 11.5 Å². The number of likely N-dealkylation sites (tertiary alicyclic amines) is 1. The van der Waals surface area contributed by atoms with E-state index in [-0.39, 0.29) is 46.8 Å². The van der Waals surface area contributed by atoms with Gasteiger partial charge < -0.3 is 20.1 Å². The number of hydrogen-bond donors (Lipinski definition) is 1. The molecule has 9 heteroatoms. The Morgan fingerprint density at radius 2 is 1.93 bits per heavy atom. The van der Waals surface area contributed by atoms with E-state index in [1.165, 1.54) is 12.1 Å². The molecule has 2 N–H and O–H groups in total. The van der Waals surface area contributed by atoms with Crippen LogP contribution in [0, 0.1) is 5.41 Å². The topological polar surface area (TPSA) is 98.9 Å². The van der Waals surface area contributed by atoms with E-state index < -0.39 is 9.84 Å². The molecule has 1 amide bonds. The lowest BCUT2D eigenvalue weighted by Gasteiger charge is -2.42. The molecule has 0 spiro atoms. The van der Waals surface area contributed by atoms with Crippen LogP contribution < -0.4 is 15.2 Å². The second kappa shape index (κ2) is 8.88. The fraction of sp³-hybridized carbons (Fsp3) is 0.632. The van der Waals surface area contributed by atoms with Crippen molar-refractivity contribution >= 4 is 28.2 Å². The van der Waals surface area contributed by atoms with Gasteiger partial charge in [0.25, 0.3) is 0 Å². The van der Waals surface area contributed by atoms with E-state index in [0.717, 1.165) is 12.8 Å². The number of carbonyl (C=O) groups is 1. The molecule has 1 saturated heterocycles. The van der Waals surface area contributed by atoms with Gasteiger partial charge in [0.05, 0.1) is 23.9 Å². The first-order valence-corrected chi connectivity index (χ1v) is 11.0. The predicted octanol–water partition coefficient (Wildman–Crippen LogP) is 2.02. The van der Waals surface area contributed by atoms with Crippen LogP contribution in [0.1, 0.15) is 33.1 Å². The predicted molar refractivity (Wildman–Crippen MR) is 109 cm³/mol. The first-order chi connectivity index (χ1) is 12.7. The molecule has 0 aromatic heterocycles. The van der Waals surface area contributed by atoms with Crippen LogP contribution in [-0.4, -0.2) is 57.3 Å². The summed E-state index contributed by atoms with van der Waals surface area (Å²) in [4.78, 5) is 14.4. The smallest absolute Gasteiger partial charge is 0.223 e. The van der Waals surface area contributed by atoms with Gasteiger partial charge in [-0.3, -0.25) is 4.79 Å². The molecule has 0 radical (unpaired) electrons. The molecular formula is C19H29ClN2O5S. The molecule has 1 fully saturated rings. The van der Waals surface area contributed by atoms with E-state index in [1.807, 2.05) is 13.8 Å². The van der Waals surface area contributed by atoms with Gasteiger partial charge in [0.15, 0.2) is 21.3 Å². The molecule has 0 aliphatic carbocycles. The van der Waals surface area contributed by atoms with Crippen LogP contribution in [0.3, 0.4) is 0 Å². The standard InChI is InChI=1S/C19H28N2O5S.ClH/c1-19(2)13-21(8-6-17(19)20)18(22)7-11-27(23,24)14-4-5-15-16(12-14)26-10-3-9-25-15;/h4-5,12,17H,3,6-11,13,20H2,1-2H3;1H. The van der Waals surface area contributed by atoms with Gasteiger partial charge in [-0.2, -0.15) is 0 Å². The Bertz CT molecular complexity index is 813. The number of halogens is 1. The number of ether oxygens (including phenoxy) is 2. The van der Waals surface area contributed by atoms with Crippen molar-refractivity contribution in [2.24, 2.45) is 11.1 Å². The van der Waals surface area contributed by atoms with Gasteiger partial charge in [-0.05, 0) is 24.0 Å². The monoisotopic (exact) mass is 432 g/mol. The fourth-order valence-corrected chi connectivity index (χ4v) is 4.66. The second-order valence-electron chi connectivity index (χ2n) is 7.93. The van der Waals surface area contributed by atoms with Gasteiger partial charge in [-0.15, -0.1) is 12.4 Å². The lowest BCUT2D eigenvalue weighted by Crippen LogP contribution is -2.54. The van der Waals surface area contributed by atoms with E-state index in [4.69, 9.17) is 15.2 Å². The largest absolute Gasteiger partial charge is 0.490 e. The van der Waals surface area contributed by atoms with Gasteiger partial charge in [-0.1, -0.05) is 13.8 Å². The highest BCUT2D eigenvalue weighted by Crippen LogP contribution is 2.32. The van der Waals surface area contributed by atoms with Crippen molar-refractivity contribution in [2.45, 2.75) is 44.0 Å². The number of benzene rings is 1. The summed E-state index contributed by atoms with van der Waals surface area (Å²) >= 11 is 0. The normalized spacial score (nSPS) is 21.4. The zero-order chi connectivity index (χ0) is 19.7. The molecule has 2 aliphatic rings. The van der Waals surface area contributed by atoms with Gasteiger partial charge >= 0.3 is 0 Å². The van der Waals surface area contributed by atoms with Crippen molar-refractivity contribution in [3.63, 3.8) is 0 Å². The van der Waals surface area contributed by atoms with E-state index in [2.05, 4.69) is 0 Å². The molecule has 28 heavy (non-hydrogen) atoms. The number of hydrogen-bond acceptors (Lipinski definition) is 6. The fourth-order valence-electron chi connectivity index (χ4n) is 3.42. The molecule has 3 rings (SSSR count). The molecule has 1 atom stereocenters. The van der Waals surface area contributed by atoms with Gasteiger partial charge in [0.2, 0.25) is 5.91 Å². The summed E-state index contributed by atoms with van der Waals surface area (Å²) in [5.41, 5.74) is 5.94. The highest BCUT2D eigenvalue weighted by atomic mass is 35.5. The summed E-state index contributed by atoms with van der Waals surface area (Å²) < 4.78 is 36.5. The maximum Gasteiger partial charge on any atom is 0.223 e. The average Bonchev–Trinajstić information content (AvgIpc) is 2.86. The molecule has 158 valence electrons. The Hall–Kier alpha value is -1.51. The number of piperidine rings is 1. The molecule has 0 saturated carbocycles. The Balaban J connectivity index is 0.00000280. The van der Waals surface area contributed by atoms with Crippen molar-refractivity contribution in [1.29, 1.82) is 0 Å². The zero-order valence-corrected chi connectivity index (χ0v) is 18.0. The Morgan fingerprint density at radius 3 is 2.61 bits per heavy atom. The number of nitrogens with zero attached hydrogens (tertiary/aromatic N) is 1. The van der Waals surface area contributed by atoms with Crippen LogP contribution >= 0.6 is 12.4 Å². The Kier molecular flexibility index (Phi) is 7.22. The van der Waals surface area contributed by atoms with Gasteiger partial charge in [-0.25, -0.2) is 8.42 Å². The molecule has 0 bridgehead atoms. The van der Waals surface area contributed by atoms with E-state index in [0.29, 0.717) is 37.8 Å². The molecule has 7 nitrogen and oxygen atoms in total. The lowest BCUT2D eigenvalue weighted by molar-refractivity contribution is -0.134. The SMILES string of the molecule is CC1(C)CN(C(=O)CCS(=O)(=O)c2ccc3c(c2)OCCCO3)CCC1N.Cl. The van der Waals surface area contributed by atoms with Gasteiger partial charge in [0, 0.05) is 38.0 Å². The third kappa shape index (κ3) is 5.10. The summed E-state index contributed by atoms with van der Waals surface area (Å²) in [6, 6.07) is 4.66. The number of carbonyl (C=O) groups excluding carboxylic acids is 1. The number of sulfone groups is 1. The molecule has 2 heterocycles. The second-order valence-corrected chi connectivity index (χ2v) is 10.0. The average molecular weight is 433 g/mol. The summed E-state index contributed by atoms with van der Waals surface area (Å²) in [5.74, 6) is 0.614. The summed E-state index contributed by atoms with van der Waals surface area (Å²) in [7, 11) is -3.59. The van der Waals surface area contributed by atoms with Crippen LogP contribution in [0.4, 0.5) is 0 Å². The maximum atomic E-state index is 12.7. The van der Waals surface area contributed by atoms with Crippen LogP contribution in [0.15, 0.2) is 23.1 Å². The van der Waals surface area contributed by atoms with Crippen LogP contribution in [0.25, 0.3) is 0 Å². The van der Waals surface area contributed by atoms with E-state index >= 15 is 0 Å². The molecular weight excluding hydrogens is 404 g/mol.